The van der Waals surface area contributed by atoms with Crippen LogP contribution in [-0.2, 0) is 11.3 Å². The Morgan fingerprint density at radius 1 is 1.17 bits per heavy atom. The first kappa shape index (κ1) is 20.0. The predicted molar refractivity (Wildman–Crippen MR) is 98.4 cm³/mol. The molecule has 0 aliphatic rings. The summed E-state index contributed by atoms with van der Waals surface area (Å²) >= 11 is 0. The van der Waals surface area contributed by atoms with Crippen molar-refractivity contribution in [3.63, 3.8) is 0 Å². The van der Waals surface area contributed by atoms with Crippen LogP contribution in [0, 0.1) is 0 Å². The third-order valence-corrected chi connectivity index (χ3v) is 3.37. The maximum Gasteiger partial charge on any atom is 0.251 e. The van der Waals surface area contributed by atoms with Crippen molar-refractivity contribution in [1.29, 1.82) is 0 Å². The van der Waals surface area contributed by atoms with Gasteiger partial charge in [-0.1, -0.05) is 19.1 Å². The molecule has 6 nitrogen and oxygen atoms in total. The van der Waals surface area contributed by atoms with Gasteiger partial charge in [-0.15, -0.1) is 0 Å². The van der Waals surface area contributed by atoms with Crippen LogP contribution in [0.1, 0.15) is 42.6 Å². The molecule has 24 heavy (non-hydrogen) atoms. The van der Waals surface area contributed by atoms with E-state index in [2.05, 4.69) is 20.9 Å². The van der Waals surface area contributed by atoms with Gasteiger partial charge in [0.05, 0.1) is 0 Å². The molecular weight excluding hydrogens is 304 g/mol. The number of guanidine groups is 1. The number of amides is 1. The molecule has 0 aliphatic heterocycles. The van der Waals surface area contributed by atoms with E-state index in [0.29, 0.717) is 18.7 Å². The molecule has 1 aromatic carbocycles. The van der Waals surface area contributed by atoms with Gasteiger partial charge in [-0.2, -0.15) is 0 Å². The maximum atomic E-state index is 12.0. The van der Waals surface area contributed by atoms with Gasteiger partial charge in [0.2, 0.25) is 0 Å². The number of benzene rings is 1. The predicted octanol–water partition coefficient (Wildman–Crippen LogP) is 1.92. The number of hydrogen-bond acceptors (Lipinski definition) is 3. The summed E-state index contributed by atoms with van der Waals surface area (Å²) in [6.45, 7) is 7.63. The van der Waals surface area contributed by atoms with Crippen molar-refractivity contribution in [3.05, 3.63) is 35.4 Å². The van der Waals surface area contributed by atoms with Crippen LogP contribution in [-0.4, -0.2) is 45.2 Å². The minimum Gasteiger partial charge on any atom is -0.382 e. The summed E-state index contributed by atoms with van der Waals surface area (Å²) in [6, 6.07) is 7.62. The molecule has 0 bridgehead atoms. The van der Waals surface area contributed by atoms with E-state index in [-0.39, 0.29) is 5.91 Å². The largest absolute Gasteiger partial charge is 0.382 e. The molecule has 0 heterocycles. The first-order valence-corrected chi connectivity index (χ1v) is 8.60. The number of hydrogen-bond donors (Lipinski definition) is 3. The van der Waals surface area contributed by atoms with Crippen LogP contribution >= 0.6 is 0 Å². The van der Waals surface area contributed by atoms with Crippen LogP contribution < -0.4 is 16.0 Å². The molecule has 6 heteroatoms. The van der Waals surface area contributed by atoms with E-state index in [1.807, 2.05) is 38.1 Å². The van der Waals surface area contributed by atoms with Crippen molar-refractivity contribution in [1.82, 2.24) is 16.0 Å². The lowest BCUT2D eigenvalue weighted by atomic mass is 10.1. The zero-order valence-electron chi connectivity index (χ0n) is 15.0. The highest BCUT2D eigenvalue weighted by molar-refractivity contribution is 5.94. The molecule has 0 radical (unpaired) electrons. The van der Waals surface area contributed by atoms with E-state index in [0.717, 1.165) is 44.1 Å². The zero-order chi connectivity index (χ0) is 17.6. The normalized spacial score (nSPS) is 11.2. The topological polar surface area (TPSA) is 74.8 Å². The summed E-state index contributed by atoms with van der Waals surface area (Å²) in [5, 5.41) is 9.39. The first-order valence-electron chi connectivity index (χ1n) is 8.60. The van der Waals surface area contributed by atoms with Crippen LogP contribution in [0.2, 0.25) is 0 Å². The van der Waals surface area contributed by atoms with Gasteiger partial charge in [-0.3, -0.25) is 9.79 Å². The Morgan fingerprint density at radius 3 is 2.71 bits per heavy atom. The molecule has 0 aliphatic carbocycles. The molecule has 0 spiro atoms. The van der Waals surface area contributed by atoms with Gasteiger partial charge >= 0.3 is 0 Å². The Bertz CT molecular complexity index is 517. The molecule has 1 amide bonds. The summed E-state index contributed by atoms with van der Waals surface area (Å²) in [5.74, 6) is 0.712. The molecule has 134 valence electrons. The van der Waals surface area contributed by atoms with E-state index in [1.54, 1.807) is 7.05 Å². The molecular formula is C18H30N4O2. The van der Waals surface area contributed by atoms with E-state index in [4.69, 9.17) is 4.74 Å². The SMILES string of the molecule is CCCNC(=O)c1cccc(CNC(=NC)NCCCOCC)c1. The standard InChI is InChI=1S/C18H30N4O2/c1-4-10-20-17(23)16-9-6-8-15(13-16)14-22-18(19-3)21-11-7-12-24-5-2/h6,8-9,13H,4-5,7,10-12,14H2,1-3H3,(H,20,23)(H2,19,21,22). The Kier molecular flexibility index (Phi) is 10.3. The summed E-state index contributed by atoms with van der Waals surface area (Å²) in [7, 11) is 1.74. The molecule has 0 saturated carbocycles. The number of nitrogens with one attached hydrogen (secondary N) is 3. The van der Waals surface area contributed by atoms with Crippen LogP contribution in [0.25, 0.3) is 0 Å². The molecule has 1 aromatic rings. The van der Waals surface area contributed by atoms with Crippen LogP contribution in [0.4, 0.5) is 0 Å². The molecule has 3 N–H and O–H groups in total. The van der Waals surface area contributed by atoms with Crippen molar-refractivity contribution in [2.75, 3.05) is 33.4 Å². The second-order valence-electron chi connectivity index (χ2n) is 5.36. The minimum absolute atomic E-state index is 0.0304. The van der Waals surface area contributed by atoms with Gasteiger partial charge in [0, 0.05) is 45.5 Å². The summed E-state index contributed by atoms with van der Waals surface area (Å²) in [5.41, 5.74) is 1.72. The highest BCUT2D eigenvalue weighted by atomic mass is 16.5. The molecule has 0 atom stereocenters. The van der Waals surface area contributed by atoms with E-state index in [1.165, 1.54) is 0 Å². The van der Waals surface area contributed by atoms with Crippen molar-refractivity contribution in [2.45, 2.75) is 33.2 Å². The Morgan fingerprint density at radius 2 is 2.00 bits per heavy atom. The van der Waals surface area contributed by atoms with Gasteiger partial charge in [0.1, 0.15) is 0 Å². The lowest BCUT2D eigenvalue weighted by Crippen LogP contribution is -2.37. The molecule has 1 rings (SSSR count). The van der Waals surface area contributed by atoms with Gasteiger partial charge in [-0.05, 0) is 37.5 Å². The van der Waals surface area contributed by atoms with Gasteiger partial charge in [0.15, 0.2) is 5.96 Å². The highest BCUT2D eigenvalue weighted by Gasteiger charge is 2.05. The lowest BCUT2D eigenvalue weighted by molar-refractivity contribution is 0.0953. The minimum atomic E-state index is -0.0304. The number of aliphatic imine (C=N–C) groups is 1. The third-order valence-electron chi connectivity index (χ3n) is 3.37. The highest BCUT2D eigenvalue weighted by Crippen LogP contribution is 2.05. The van der Waals surface area contributed by atoms with Crippen molar-refractivity contribution in [2.24, 2.45) is 4.99 Å². The van der Waals surface area contributed by atoms with Crippen molar-refractivity contribution < 1.29 is 9.53 Å². The third kappa shape index (κ3) is 7.97. The monoisotopic (exact) mass is 334 g/mol. The fourth-order valence-electron chi connectivity index (χ4n) is 2.09. The van der Waals surface area contributed by atoms with Gasteiger partial charge in [-0.25, -0.2) is 0 Å². The number of rotatable bonds is 10. The van der Waals surface area contributed by atoms with Gasteiger partial charge < -0.3 is 20.7 Å². The quantitative estimate of drug-likeness (QED) is 0.347. The molecule has 0 fully saturated rings. The van der Waals surface area contributed by atoms with E-state index in [9.17, 15) is 4.79 Å². The lowest BCUT2D eigenvalue weighted by Gasteiger charge is -2.12. The van der Waals surface area contributed by atoms with Crippen LogP contribution in [0.15, 0.2) is 29.3 Å². The number of carbonyl (C=O) groups is 1. The number of nitrogens with zero attached hydrogens (tertiary/aromatic N) is 1. The average Bonchev–Trinajstić information content (AvgIpc) is 2.62. The van der Waals surface area contributed by atoms with Crippen LogP contribution in [0.5, 0.6) is 0 Å². The van der Waals surface area contributed by atoms with E-state index >= 15 is 0 Å². The first-order chi connectivity index (χ1) is 11.7. The van der Waals surface area contributed by atoms with E-state index < -0.39 is 0 Å². The zero-order valence-corrected chi connectivity index (χ0v) is 15.0. The molecule has 0 unspecified atom stereocenters. The summed E-state index contributed by atoms with van der Waals surface area (Å²) in [6.07, 6.45) is 1.86. The Balaban J connectivity index is 2.43. The maximum absolute atomic E-state index is 12.0. The Labute approximate surface area is 145 Å². The average molecular weight is 334 g/mol. The number of ether oxygens (including phenoxy) is 1. The smallest absolute Gasteiger partial charge is 0.251 e. The fourth-order valence-corrected chi connectivity index (χ4v) is 2.09. The second kappa shape index (κ2) is 12.4. The van der Waals surface area contributed by atoms with Crippen molar-refractivity contribution >= 4 is 11.9 Å². The Hall–Kier alpha value is -2.08. The van der Waals surface area contributed by atoms with Gasteiger partial charge in [0.25, 0.3) is 5.91 Å². The second-order valence-corrected chi connectivity index (χ2v) is 5.36. The molecule has 0 aromatic heterocycles. The molecule has 0 saturated heterocycles. The number of carbonyl (C=O) groups excluding carboxylic acids is 1. The summed E-state index contributed by atoms with van der Waals surface area (Å²) < 4.78 is 5.30. The van der Waals surface area contributed by atoms with Crippen molar-refractivity contribution in [3.8, 4) is 0 Å². The fraction of sp³-hybridized carbons (Fsp3) is 0.556. The summed E-state index contributed by atoms with van der Waals surface area (Å²) in [4.78, 5) is 16.2. The van der Waals surface area contributed by atoms with Crippen LogP contribution in [0.3, 0.4) is 0 Å².